The predicted molar refractivity (Wildman–Crippen MR) is 124 cm³/mol. The van der Waals surface area contributed by atoms with Gasteiger partial charge in [-0.05, 0) is 35.8 Å². The lowest BCUT2D eigenvalue weighted by molar-refractivity contribution is -0.0406. The third kappa shape index (κ3) is 3.92. The predicted octanol–water partition coefficient (Wildman–Crippen LogP) is 2.69. The second-order valence-corrected chi connectivity index (χ2v) is 7.70. The minimum Gasteiger partial charge on any atom is -0.445 e. The van der Waals surface area contributed by atoms with Crippen LogP contribution in [0.1, 0.15) is 18.3 Å². The molecule has 2 N–H and O–H groups in total. The van der Waals surface area contributed by atoms with Gasteiger partial charge >= 0.3 is 0 Å². The van der Waals surface area contributed by atoms with Gasteiger partial charge in [0.1, 0.15) is 11.3 Å². The van der Waals surface area contributed by atoms with Crippen LogP contribution < -0.4 is 10.3 Å². The van der Waals surface area contributed by atoms with Crippen molar-refractivity contribution in [1.29, 1.82) is 0 Å². The summed E-state index contributed by atoms with van der Waals surface area (Å²) in [6, 6.07) is 16.0. The van der Waals surface area contributed by atoms with Crippen molar-refractivity contribution in [2.75, 3.05) is 7.11 Å². The molecule has 34 heavy (non-hydrogen) atoms. The van der Waals surface area contributed by atoms with Gasteiger partial charge in [-0.2, -0.15) is 5.21 Å². The van der Waals surface area contributed by atoms with E-state index >= 15 is 0 Å². The molecule has 1 unspecified atom stereocenters. The summed E-state index contributed by atoms with van der Waals surface area (Å²) in [7, 11) is 1.53. The first-order valence-corrected chi connectivity index (χ1v) is 10.6. The Morgan fingerprint density at radius 3 is 2.53 bits per heavy atom. The van der Waals surface area contributed by atoms with Crippen molar-refractivity contribution in [2.45, 2.75) is 26.7 Å². The van der Waals surface area contributed by atoms with Crippen LogP contribution in [0.15, 0.2) is 53.3 Å². The third-order valence-corrected chi connectivity index (χ3v) is 5.56. The number of aromatic amines is 2. The quantitative estimate of drug-likeness (QED) is 0.355. The standard InChI is InChI=1S/C23H22N8O3/c1-13-24-19-20(22(32)27-28-23(19)34-14(2)33-3)31(13)12-15-8-10-16(11-9-15)17-6-4-5-7-18(17)21-25-29-30-26-21/h4-11,14H,12H2,1-3H3,(H,27,32)(H,25,26,29,30). The zero-order valence-corrected chi connectivity index (χ0v) is 18.8. The highest BCUT2D eigenvalue weighted by Crippen LogP contribution is 2.30. The van der Waals surface area contributed by atoms with E-state index in [2.05, 4.69) is 35.8 Å². The SMILES string of the molecule is COC(C)Oc1n[nH]c(=O)c2c1nc(C)n2Cc1ccc(-c2ccccc2-c2nn[nH]n2)cc1. The van der Waals surface area contributed by atoms with E-state index in [1.165, 1.54) is 7.11 Å². The smallest absolute Gasteiger partial charge is 0.290 e. The molecule has 0 aliphatic rings. The van der Waals surface area contributed by atoms with Gasteiger partial charge in [-0.15, -0.1) is 15.3 Å². The number of methoxy groups -OCH3 is 1. The van der Waals surface area contributed by atoms with Crippen molar-refractivity contribution in [1.82, 2.24) is 40.4 Å². The van der Waals surface area contributed by atoms with Gasteiger partial charge in [0.15, 0.2) is 11.8 Å². The van der Waals surface area contributed by atoms with Gasteiger partial charge in [0.05, 0.1) is 0 Å². The highest BCUT2D eigenvalue weighted by Gasteiger charge is 2.19. The van der Waals surface area contributed by atoms with E-state index in [4.69, 9.17) is 9.47 Å². The number of benzene rings is 2. The second-order valence-electron chi connectivity index (χ2n) is 7.70. The van der Waals surface area contributed by atoms with E-state index < -0.39 is 6.29 Å². The number of nitrogens with one attached hydrogen (secondary N) is 2. The van der Waals surface area contributed by atoms with E-state index in [-0.39, 0.29) is 11.4 Å². The van der Waals surface area contributed by atoms with Crippen LogP contribution in [0.25, 0.3) is 33.5 Å². The number of imidazole rings is 1. The Kier molecular flexibility index (Phi) is 5.60. The van der Waals surface area contributed by atoms with Crippen molar-refractivity contribution in [3.63, 3.8) is 0 Å². The molecule has 0 aliphatic heterocycles. The zero-order chi connectivity index (χ0) is 23.7. The Hall–Kier alpha value is -4.38. The maximum absolute atomic E-state index is 12.6. The zero-order valence-electron chi connectivity index (χ0n) is 18.8. The van der Waals surface area contributed by atoms with E-state index in [9.17, 15) is 4.79 Å². The largest absolute Gasteiger partial charge is 0.445 e. The molecule has 0 fully saturated rings. The molecule has 3 heterocycles. The normalized spacial score (nSPS) is 12.2. The van der Waals surface area contributed by atoms with Crippen molar-refractivity contribution >= 4 is 11.0 Å². The first kappa shape index (κ1) is 21.5. The fraction of sp³-hybridized carbons (Fsp3) is 0.217. The molecule has 2 aromatic carbocycles. The molecule has 0 radical (unpaired) electrons. The van der Waals surface area contributed by atoms with Gasteiger partial charge in [0.2, 0.25) is 5.82 Å². The molecule has 11 nitrogen and oxygen atoms in total. The summed E-state index contributed by atoms with van der Waals surface area (Å²) in [4.78, 5) is 17.2. The van der Waals surface area contributed by atoms with Crippen molar-refractivity contribution in [3.05, 3.63) is 70.3 Å². The lowest BCUT2D eigenvalue weighted by Crippen LogP contribution is -2.18. The van der Waals surface area contributed by atoms with Crippen LogP contribution in [0.3, 0.4) is 0 Å². The van der Waals surface area contributed by atoms with Gasteiger partial charge in [0, 0.05) is 19.2 Å². The lowest BCUT2D eigenvalue weighted by atomic mass is 9.98. The van der Waals surface area contributed by atoms with Gasteiger partial charge in [-0.3, -0.25) is 4.79 Å². The number of rotatable bonds is 7. The molecule has 0 saturated carbocycles. The second kappa shape index (κ2) is 8.87. The average Bonchev–Trinajstić information content (AvgIpc) is 3.50. The topological polar surface area (TPSA) is 136 Å². The van der Waals surface area contributed by atoms with Crippen LogP contribution in [0, 0.1) is 6.92 Å². The molecule has 0 bridgehead atoms. The van der Waals surface area contributed by atoms with Crippen molar-refractivity contribution in [2.24, 2.45) is 0 Å². The van der Waals surface area contributed by atoms with Gasteiger partial charge < -0.3 is 14.0 Å². The number of aryl methyl sites for hydroxylation is 1. The monoisotopic (exact) mass is 458 g/mol. The lowest BCUT2D eigenvalue weighted by Gasteiger charge is -2.12. The summed E-state index contributed by atoms with van der Waals surface area (Å²) in [5.41, 5.74) is 4.37. The van der Waals surface area contributed by atoms with Gasteiger partial charge in [-0.1, -0.05) is 48.5 Å². The molecule has 0 spiro atoms. The van der Waals surface area contributed by atoms with Gasteiger partial charge in [0.25, 0.3) is 11.4 Å². The van der Waals surface area contributed by atoms with Crippen LogP contribution in [0.2, 0.25) is 0 Å². The third-order valence-electron chi connectivity index (χ3n) is 5.56. The maximum Gasteiger partial charge on any atom is 0.290 e. The van der Waals surface area contributed by atoms with Crippen LogP contribution in [-0.2, 0) is 11.3 Å². The molecule has 5 rings (SSSR count). The Morgan fingerprint density at radius 2 is 1.82 bits per heavy atom. The molecule has 172 valence electrons. The summed E-state index contributed by atoms with van der Waals surface area (Å²) in [5.74, 6) is 1.43. The van der Waals surface area contributed by atoms with Crippen LogP contribution >= 0.6 is 0 Å². The molecule has 0 saturated heterocycles. The van der Waals surface area contributed by atoms with Crippen LogP contribution in [0.4, 0.5) is 0 Å². The Morgan fingerprint density at radius 1 is 1.06 bits per heavy atom. The van der Waals surface area contributed by atoms with Crippen LogP contribution in [0.5, 0.6) is 5.88 Å². The minimum absolute atomic E-state index is 0.222. The molecular weight excluding hydrogens is 436 g/mol. The summed E-state index contributed by atoms with van der Waals surface area (Å²) in [6.45, 7) is 4.04. The molecule has 5 aromatic rings. The van der Waals surface area contributed by atoms with E-state index in [0.29, 0.717) is 29.2 Å². The van der Waals surface area contributed by atoms with E-state index in [1.54, 1.807) is 6.92 Å². The highest BCUT2D eigenvalue weighted by atomic mass is 16.7. The summed E-state index contributed by atoms with van der Waals surface area (Å²) in [5, 5.41) is 20.9. The fourth-order valence-corrected chi connectivity index (χ4v) is 3.81. The van der Waals surface area contributed by atoms with Crippen molar-refractivity contribution in [3.8, 4) is 28.4 Å². The number of nitrogens with zero attached hydrogens (tertiary/aromatic N) is 6. The van der Waals surface area contributed by atoms with Crippen molar-refractivity contribution < 1.29 is 9.47 Å². The molecule has 1 atom stereocenters. The minimum atomic E-state index is -0.532. The highest BCUT2D eigenvalue weighted by molar-refractivity contribution is 5.81. The molecular formula is C23H22N8O3. The summed E-state index contributed by atoms with van der Waals surface area (Å²) < 4.78 is 12.7. The summed E-state index contributed by atoms with van der Waals surface area (Å²) in [6.07, 6.45) is -0.532. The Bertz CT molecular complexity index is 1490. The molecule has 11 heteroatoms. The van der Waals surface area contributed by atoms with E-state index in [0.717, 1.165) is 22.3 Å². The first-order chi connectivity index (χ1) is 16.5. The Balaban J connectivity index is 1.48. The fourth-order valence-electron chi connectivity index (χ4n) is 3.81. The molecule has 0 aliphatic carbocycles. The average molecular weight is 458 g/mol. The number of H-pyrrole nitrogens is 2. The number of fused-ring (bicyclic) bond motifs is 1. The Labute approximate surface area is 193 Å². The number of aromatic nitrogens is 8. The number of hydrogen-bond acceptors (Lipinski definition) is 8. The summed E-state index contributed by atoms with van der Waals surface area (Å²) >= 11 is 0. The number of hydrogen-bond donors (Lipinski definition) is 2. The number of tetrazole rings is 1. The molecule has 3 aromatic heterocycles. The molecule has 0 amide bonds. The number of ether oxygens (including phenoxy) is 2. The maximum atomic E-state index is 12.6. The van der Waals surface area contributed by atoms with Crippen LogP contribution in [-0.4, -0.2) is 53.8 Å². The van der Waals surface area contributed by atoms with E-state index in [1.807, 2.05) is 60.0 Å². The van der Waals surface area contributed by atoms with Gasteiger partial charge in [-0.25, -0.2) is 10.1 Å². The first-order valence-electron chi connectivity index (χ1n) is 10.6.